The van der Waals surface area contributed by atoms with Crippen LogP contribution in [0.15, 0.2) is 0 Å². The minimum atomic E-state index is 0.500. The van der Waals surface area contributed by atoms with Crippen molar-refractivity contribution in [2.24, 2.45) is 0 Å². The summed E-state index contributed by atoms with van der Waals surface area (Å²) in [4.78, 5) is 0. The maximum atomic E-state index is 5.50. The highest BCUT2D eigenvalue weighted by Crippen LogP contribution is 2.22. The predicted octanol–water partition coefficient (Wildman–Crippen LogP) is 1.20. The molecule has 1 rings (SSSR count). The van der Waals surface area contributed by atoms with Crippen LogP contribution in [0.25, 0.3) is 0 Å². The molecule has 1 N–H and O–H groups in total. The Morgan fingerprint density at radius 3 is 2.69 bits per heavy atom. The van der Waals surface area contributed by atoms with Crippen LogP contribution in [-0.4, -0.2) is 52.2 Å². The van der Waals surface area contributed by atoms with Crippen molar-refractivity contribution in [2.75, 3.05) is 40.1 Å². The lowest BCUT2D eigenvalue weighted by Gasteiger charge is -2.35. The molecule has 0 unspecified atom stereocenters. The van der Waals surface area contributed by atoms with Gasteiger partial charge in [0.05, 0.1) is 19.3 Å². The third kappa shape index (κ3) is 5.80. The molecule has 0 saturated heterocycles. The third-order valence-electron chi connectivity index (χ3n) is 2.83. The van der Waals surface area contributed by atoms with Crippen LogP contribution in [0.3, 0.4) is 0 Å². The Kier molecular flexibility index (Phi) is 7.76. The molecule has 1 aliphatic rings. The molecular formula is C12H25NO3. The quantitative estimate of drug-likeness (QED) is 0.573. The molecule has 0 bridgehead atoms. The smallest absolute Gasteiger partial charge is 0.0700 e. The van der Waals surface area contributed by atoms with Crippen LogP contribution in [0.5, 0.6) is 0 Å². The molecule has 0 aliphatic heterocycles. The zero-order valence-corrected chi connectivity index (χ0v) is 10.5. The number of rotatable bonds is 10. The van der Waals surface area contributed by atoms with Crippen LogP contribution in [-0.2, 0) is 14.2 Å². The second-order valence-corrected chi connectivity index (χ2v) is 4.16. The Morgan fingerprint density at radius 1 is 1.19 bits per heavy atom. The summed E-state index contributed by atoms with van der Waals surface area (Å²) in [6.07, 6.45) is 3.90. The first-order valence-electron chi connectivity index (χ1n) is 6.28. The fourth-order valence-electron chi connectivity index (χ4n) is 1.83. The van der Waals surface area contributed by atoms with E-state index in [0.717, 1.165) is 26.2 Å². The van der Waals surface area contributed by atoms with Gasteiger partial charge in [-0.1, -0.05) is 0 Å². The van der Waals surface area contributed by atoms with Crippen molar-refractivity contribution in [3.8, 4) is 0 Å². The Bertz CT molecular complexity index is 160. The lowest BCUT2D eigenvalue weighted by atomic mass is 9.89. The lowest BCUT2D eigenvalue weighted by Crippen LogP contribution is -2.45. The third-order valence-corrected chi connectivity index (χ3v) is 2.83. The van der Waals surface area contributed by atoms with Gasteiger partial charge in [0, 0.05) is 26.4 Å². The molecule has 0 amide bonds. The van der Waals surface area contributed by atoms with E-state index in [4.69, 9.17) is 14.2 Å². The zero-order chi connectivity index (χ0) is 11.6. The number of hydrogen-bond acceptors (Lipinski definition) is 4. The Balaban J connectivity index is 1.76. The molecule has 0 atom stereocenters. The summed E-state index contributed by atoms with van der Waals surface area (Å²) < 4.78 is 15.8. The van der Waals surface area contributed by atoms with Crippen LogP contribution in [0.2, 0.25) is 0 Å². The van der Waals surface area contributed by atoms with E-state index in [0.29, 0.717) is 25.4 Å². The second kappa shape index (κ2) is 8.93. The monoisotopic (exact) mass is 231 g/mol. The van der Waals surface area contributed by atoms with Gasteiger partial charge in [0.2, 0.25) is 0 Å². The minimum absolute atomic E-state index is 0.500. The molecule has 1 fully saturated rings. The van der Waals surface area contributed by atoms with Crippen LogP contribution >= 0.6 is 0 Å². The fraction of sp³-hybridized carbons (Fsp3) is 1.00. The van der Waals surface area contributed by atoms with Gasteiger partial charge in [-0.05, 0) is 32.7 Å². The van der Waals surface area contributed by atoms with Crippen molar-refractivity contribution in [1.82, 2.24) is 5.32 Å². The molecule has 4 heteroatoms. The van der Waals surface area contributed by atoms with Crippen molar-refractivity contribution < 1.29 is 14.2 Å². The summed E-state index contributed by atoms with van der Waals surface area (Å²) in [7, 11) is 1.69. The SMILES string of the molecule is CCOC1CC(NCCCOCCOC)C1. The Labute approximate surface area is 98.6 Å². The first kappa shape index (κ1) is 13.9. The van der Waals surface area contributed by atoms with Gasteiger partial charge >= 0.3 is 0 Å². The highest BCUT2D eigenvalue weighted by atomic mass is 16.5. The summed E-state index contributed by atoms with van der Waals surface area (Å²) in [5.41, 5.74) is 0. The molecule has 1 aliphatic carbocycles. The van der Waals surface area contributed by atoms with Gasteiger partial charge in [-0.25, -0.2) is 0 Å². The predicted molar refractivity (Wildman–Crippen MR) is 63.8 cm³/mol. The summed E-state index contributed by atoms with van der Waals surface area (Å²) in [6.45, 7) is 6.13. The van der Waals surface area contributed by atoms with E-state index in [9.17, 15) is 0 Å². The highest BCUT2D eigenvalue weighted by Gasteiger charge is 2.28. The van der Waals surface area contributed by atoms with E-state index in [-0.39, 0.29) is 0 Å². The van der Waals surface area contributed by atoms with Crippen LogP contribution in [0.4, 0.5) is 0 Å². The largest absolute Gasteiger partial charge is 0.382 e. The number of ether oxygens (including phenoxy) is 3. The maximum absolute atomic E-state index is 5.50. The average molecular weight is 231 g/mol. The summed E-state index contributed by atoms with van der Waals surface area (Å²) >= 11 is 0. The van der Waals surface area contributed by atoms with Crippen molar-refractivity contribution in [3.05, 3.63) is 0 Å². The van der Waals surface area contributed by atoms with Crippen molar-refractivity contribution >= 4 is 0 Å². The van der Waals surface area contributed by atoms with Crippen molar-refractivity contribution in [2.45, 2.75) is 38.3 Å². The first-order chi connectivity index (χ1) is 7.86. The molecule has 0 spiro atoms. The van der Waals surface area contributed by atoms with Gasteiger partial charge in [-0.2, -0.15) is 0 Å². The molecule has 0 aromatic heterocycles. The molecule has 0 aromatic carbocycles. The topological polar surface area (TPSA) is 39.7 Å². The van der Waals surface area contributed by atoms with Crippen LogP contribution < -0.4 is 5.32 Å². The second-order valence-electron chi connectivity index (χ2n) is 4.16. The molecule has 0 aromatic rings. The molecular weight excluding hydrogens is 206 g/mol. The van der Waals surface area contributed by atoms with Crippen molar-refractivity contribution in [3.63, 3.8) is 0 Å². The molecule has 4 nitrogen and oxygen atoms in total. The summed E-state index contributed by atoms with van der Waals surface area (Å²) in [6, 6.07) is 0.663. The summed E-state index contributed by atoms with van der Waals surface area (Å²) in [5, 5.41) is 3.51. The van der Waals surface area contributed by atoms with Gasteiger partial charge < -0.3 is 19.5 Å². The molecule has 16 heavy (non-hydrogen) atoms. The van der Waals surface area contributed by atoms with Gasteiger partial charge in [0.15, 0.2) is 0 Å². The standard InChI is InChI=1S/C12H25NO3/c1-3-16-12-9-11(10-12)13-5-4-6-15-8-7-14-2/h11-13H,3-10H2,1-2H3. The summed E-state index contributed by atoms with van der Waals surface area (Å²) in [5.74, 6) is 0. The Hall–Kier alpha value is -0.160. The van der Waals surface area contributed by atoms with E-state index in [1.807, 2.05) is 0 Å². The molecule has 1 saturated carbocycles. The highest BCUT2D eigenvalue weighted by molar-refractivity contribution is 4.85. The minimum Gasteiger partial charge on any atom is -0.382 e. The molecule has 0 heterocycles. The van der Waals surface area contributed by atoms with Gasteiger partial charge in [-0.3, -0.25) is 0 Å². The van der Waals surface area contributed by atoms with Gasteiger partial charge in [0.1, 0.15) is 0 Å². The lowest BCUT2D eigenvalue weighted by molar-refractivity contribution is -0.0103. The maximum Gasteiger partial charge on any atom is 0.0700 e. The van der Waals surface area contributed by atoms with E-state index in [1.54, 1.807) is 7.11 Å². The fourth-order valence-corrected chi connectivity index (χ4v) is 1.83. The van der Waals surface area contributed by atoms with Crippen LogP contribution in [0.1, 0.15) is 26.2 Å². The number of hydrogen-bond donors (Lipinski definition) is 1. The van der Waals surface area contributed by atoms with E-state index in [2.05, 4.69) is 12.2 Å². The van der Waals surface area contributed by atoms with Crippen LogP contribution in [0, 0.1) is 0 Å². The number of nitrogens with one attached hydrogen (secondary N) is 1. The average Bonchev–Trinajstić information content (AvgIpc) is 2.24. The zero-order valence-electron chi connectivity index (χ0n) is 10.5. The van der Waals surface area contributed by atoms with Crippen molar-refractivity contribution in [1.29, 1.82) is 0 Å². The van der Waals surface area contributed by atoms with Gasteiger partial charge in [0.25, 0.3) is 0 Å². The van der Waals surface area contributed by atoms with E-state index < -0.39 is 0 Å². The molecule has 96 valence electrons. The van der Waals surface area contributed by atoms with E-state index in [1.165, 1.54) is 12.8 Å². The van der Waals surface area contributed by atoms with Gasteiger partial charge in [-0.15, -0.1) is 0 Å². The first-order valence-corrected chi connectivity index (χ1v) is 6.28. The normalized spacial score (nSPS) is 24.4. The molecule has 0 radical (unpaired) electrons. The van der Waals surface area contributed by atoms with E-state index >= 15 is 0 Å². The number of methoxy groups -OCH3 is 1. The Morgan fingerprint density at radius 2 is 2.00 bits per heavy atom.